The molecule has 0 radical (unpaired) electrons. The molecule has 2 aromatic rings. The van der Waals surface area contributed by atoms with E-state index in [1.165, 1.54) is 24.3 Å². The second kappa shape index (κ2) is 7.02. The maximum atomic E-state index is 12.2. The van der Waals surface area contributed by atoms with Gasteiger partial charge in [0, 0.05) is 22.5 Å². The Balaban J connectivity index is 1.70. The molecule has 0 unspecified atom stereocenters. The molecule has 9 nitrogen and oxygen atoms in total. The number of nitrogens with two attached hydrogens (primary N) is 1. The third-order valence-electron chi connectivity index (χ3n) is 3.73. The minimum atomic E-state index is -3.77. The molecule has 26 heavy (non-hydrogen) atoms. The Kier molecular flexibility index (Phi) is 4.94. The molecule has 0 saturated heterocycles. The van der Waals surface area contributed by atoms with Gasteiger partial charge in [-0.15, -0.1) is 11.3 Å². The molecule has 1 aromatic heterocycles. The Bertz CT molecular complexity index is 966. The Hall–Kier alpha value is -2.50. The van der Waals surface area contributed by atoms with Crippen molar-refractivity contribution in [3.63, 3.8) is 0 Å². The average molecular weight is 396 g/mol. The highest BCUT2D eigenvalue weighted by Gasteiger charge is 2.25. The number of nitrogens with zero attached hydrogens (tertiary/aromatic N) is 1. The highest BCUT2D eigenvalue weighted by atomic mass is 32.2. The summed E-state index contributed by atoms with van der Waals surface area (Å²) in [6.45, 7) is 0.0922. The molecule has 0 spiro atoms. The van der Waals surface area contributed by atoms with E-state index >= 15 is 0 Å². The van der Waals surface area contributed by atoms with E-state index in [0.29, 0.717) is 10.6 Å². The minimum absolute atomic E-state index is 0.00731. The number of anilines is 1. The van der Waals surface area contributed by atoms with Gasteiger partial charge >= 0.3 is 0 Å². The molecule has 1 heterocycles. The number of sulfonamides is 1. The van der Waals surface area contributed by atoms with Gasteiger partial charge in [0.2, 0.25) is 10.0 Å². The van der Waals surface area contributed by atoms with Crippen LogP contribution in [0.5, 0.6) is 0 Å². The maximum absolute atomic E-state index is 12.2. The molecule has 1 aromatic carbocycles. The van der Waals surface area contributed by atoms with Gasteiger partial charge in [0.25, 0.3) is 11.6 Å². The largest absolute Gasteiger partial charge is 0.377 e. The van der Waals surface area contributed by atoms with Gasteiger partial charge in [-0.2, -0.15) is 0 Å². The number of hydrogen-bond donors (Lipinski definition) is 3. The molecule has 138 valence electrons. The standard InChI is InChI=1S/C15H16N4O5S2/c16-26(23,24)14-6-4-11(25-14)8-17-15(20)9-1-5-12(18-10-2-3-10)13(7-9)19(21)22/h1,4-7,10,18H,2-3,8H2,(H,17,20)(H2,16,23,24). The Morgan fingerprint density at radius 3 is 2.62 bits per heavy atom. The number of amides is 1. The lowest BCUT2D eigenvalue weighted by atomic mass is 10.1. The second-order valence-corrected chi connectivity index (χ2v) is 8.81. The predicted octanol–water partition coefficient (Wildman–Crippen LogP) is 1.81. The lowest BCUT2D eigenvalue weighted by molar-refractivity contribution is -0.384. The molecule has 3 rings (SSSR count). The van der Waals surface area contributed by atoms with Crippen molar-refractivity contribution < 1.29 is 18.1 Å². The molecule has 0 aliphatic heterocycles. The monoisotopic (exact) mass is 396 g/mol. The summed E-state index contributed by atoms with van der Waals surface area (Å²) < 4.78 is 22.5. The highest BCUT2D eigenvalue weighted by Crippen LogP contribution is 2.31. The molecule has 1 fully saturated rings. The van der Waals surface area contributed by atoms with Gasteiger partial charge in [-0.25, -0.2) is 13.6 Å². The van der Waals surface area contributed by atoms with Crippen LogP contribution in [-0.2, 0) is 16.6 Å². The third-order valence-corrected chi connectivity index (χ3v) is 6.26. The summed E-state index contributed by atoms with van der Waals surface area (Å²) in [5.41, 5.74) is 0.392. The van der Waals surface area contributed by atoms with Crippen LogP contribution in [0.1, 0.15) is 28.1 Å². The molecule has 11 heteroatoms. The molecule has 1 amide bonds. The molecule has 0 atom stereocenters. The van der Waals surface area contributed by atoms with Crippen molar-refractivity contribution in [3.05, 3.63) is 50.9 Å². The van der Waals surface area contributed by atoms with Crippen LogP contribution in [0, 0.1) is 10.1 Å². The highest BCUT2D eigenvalue weighted by molar-refractivity contribution is 7.91. The summed E-state index contributed by atoms with van der Waals surface area (Å²) in [6.07, 6.45) is 1.95. The van der Waals surface area contributed by atoms with Gasteiger partial charge in [0.1, 0.15) is 9.90 Å². The molecule has 4 N–H and O–H groups in total. The third kappa shape index (κ3) is 4.36. The van der Waals surface area contributed by atoms with Gasteiger partial charge in [-0.1, -0.05) is 0 Å². The lowest BCUT2D eigenvalue weighted by Gasteiger charge is -2.08. The molecular formula is C15H16N4O5S2. The van der Waals surface area contributed by atoms with Crippen molar-refractivity contribution in [3.8, 4) is 0 Å². The number of nitrogens with one attached hydrogen (secondary N) is 2. The smallest absolute Gasteiger partial charge is 0.293 e. The van der Waals surface area contributed by atoms with Gasteiger partial charge < -0.3 is 10.6 Å². The number of nitro groups is 1. The van der Waals surface area contributed by atoms with Crippen LogP contribution in [0.4, 0.5) is 11.4 Å². The van der Waals surface area contributed by atoms with Crippen LogP contribution in [0.15, 0.2) is 34.5 Å². The Morgan fingerprint density at radius 2 is 2.04 bits per heavy atom. The van der Waals surface area contributed by atoms with Crippen LogP contribution >= 0.6 is 11.3 Å². The number of nitro benzene ring substituents is 1. The predicted molar refractivity (Wildman–Crippen MR) is 96.6 cm³/mol. The first kappa shape index (κ1) is 18.3. The van der Waals surface area contributed by atoms with Crippen molar-refractivity contribution in [2.24, 2.45) is 5.14 Å². The number of rotatable bonds is 7. The number of carbonyl (C=O) groups is 1. The van der Waals surface area contributed by atoms with E-state index in [1.54, 1.807) is 6.07 Å². The lowest BCUT2D eigenvalue weighted by Crippen LogP contribution is -2.22. The van der Waals surface area contributed by atoms with Crippen molar-refractivity contribution in [1.29, 1.82) is 0 Å². The van der Waals surface area contributed by atoms with Crippen LogP contribution in [-0.4, -0.2) is 25.3 Å². The van der Waals surface area contributed by atoms with Crippen molar-refractivity contribution >= 4 is 38.6 Å². The Morgan fingerprint density at radius 1 is 1.31 bits per heavy atom. The maximum Gasteiger partial charge on any atom is 0.293 e. The van der Waals surface area contributed by atoms with E-state index in [2.05, 4.69) is 10.6 Å². The first-order chi connectivity index (χ1) is 12.2. The number of hydrogen-bond acceptors (Lipinski definition) is 7. The fourth-order valence-corrected chi connectivity index (χ4v) is 3.99. The number of primary sulfonamides is 1. The SMILES string of the molecule is NS(=O)(=O)c1ccc(CNC(=O)c2ccc(NC3CC3)c([N+](=O)[O-])c2)s1. The van der Waals surface area contributed by atoms with Crippen LogP contribution in [0.2, 0.25) is 0 Å². The van der Waals surface area contributed by atoms with Gasteiger partial charge in [0.05, 0.1) is 11.5 Å². The quantitative estimate of drug-likeness (QED) is 0.481. The summed E-state index contributed by atoms with van der Waals surface area (Å²) in [7, 11) is -3.77. The van der Waals surface area contributed by atoms with E-state index in [0.717, 1.165) is 24.2 Å². The van der Waals surface area contributed by atoms with Gasteiger partial charge in [-0.05, 0) is 37.1 Å². The van der Waals surface area contributed by atoms with E-state index in [1.807, 2.05) is 0 Å². The number of carbonyl (C=O) groups excluding carboxylic acids is 1. The topological polar surface area (TPSA) is 144 Å². The van der Waals surface area contributed by atoms with Gasteiger partial charge in [-0.3, -0.25) is 14.9 Å². The van der Waals surface area contributed by atoms with E-state index < -0.39 is 20.9 Å². The van der Waals surface area contributed by atoms with Crippen LogP contribution in [0.25, 0.3) is 0 Å². The zero-order chi connectivity index (χ0) is 18.9. The molecule has 1 aliphatic carbocycles. The average Bonchev–Trinajstić information content (AvgIpc) is 3.24. The van der Waals surface area contributed by atoms with Crippen LogP contribution in [0.3, 0.4) is 0 Å². The van der Waals surface area contributed by atoms with E-state index in [-0.39, 0.29) is 28.0 Å². The minimum Gasteiger partial charge on any atom is -0.377 e. The van der Waals surface area contributed by atoms with Crippen molar-refractivity contribution in [2.75, 3.05) is 5.32 Å². The van der Waals surface area contributed by atoms with E-state index in [4.69, 9.17) is 5.14 Å². The summed E-state index contributed by atoms with van der Waals surface area (Å²) in [5.74, 6) is -0.489. The summed E-state index contributed by atoms with van der Waals surface area (Å²) in [4.78, 5) is 23.6. The first-order valence-electron chi connectivity index (χ1n) is 7.69. The zero-order valence-corrected chi connectivity index (χ0v) is 15.1. The summed E-state index contributed by atoms with van der Waals surface area (Å²) in [6, 6.07) is 7.43. The first-order valence-corrected chi connectivity index (χ1v) is 10.0. The molecule has 0 bridgehead atoms. The zero-order valence-electron chi connectivity index (χ0n) is 13.5. The fourth-order valence-electron chi connectivity index (χ4n) is 2.27. The number of thiophene rings is 1. The summed E-state index contributed by atoms with van der Waals surface area (Å²) >= 11 is 0.955. The van der Waals surface area contributed by atoms with Crippen molar-refractivity contribution in [2.45, 2.75) is 29.6 Å². The molecule has 1 saturated carbocycles. The van der Waals surface area contributed by atoms with E-state index in [9.17, 15) is 23.3 Å². The molecule has 1 aliphatic rings. The van der Waals surface area contributed by atoms with Crippen LogP contribution < -0.4 is 15.8 Å². The van der Waals surface area contributed by atoms with Crippen molar-refractivity contribution in [1.82, 2.24) is 5.32 Å². The molecular weight excluding hydrogens is 380 g/mol. The second-order valence-electron chi connectivity index (χ2n) is 5.86. The van der Waals surface area contributed by atoms with Gasteiger partial charge in [0.15, 0.2) is 0 Å². The number of benzene rings is 1. The Labute approximate surface area is 153 Å². The summed E-state index contributed by atoms with van der Waals surface area (Å²) in [5, 5.41) is 22.0. The normalized spacial score (nSPS) is 14.0. The fraction of sp³-hybridized carbons (Fsp3) is 0.267.